The van der Waals surface area contributed by atoms with Gasteiger partial charge in [-0.2, -0.15) is 0 Å². The van der Waals surface area contributed by atoms with Crippen LogP contribution in [0.4, 0.5) is 0 Å². The third-order valence-corrected chi connectivity index (χ3v) is 9.90. The number of para-hydroxylation sites is 1. The number of aromatic nitrogens is 1. The van der Waals surface area contributed by atoms with Gasteiger partial charge in [0.2, 0.25) is 0 Å². The summed E-state index contributed by atoms with van der Waals surface area (Å²) in [6.07, 6.45) is 0. The Morgan fingerprint density at radius 1 is 0.588 bits per heavy atom. The van der Waals surface area contributed by atoms with E-state index in [2.05, 4.69) is 78.9 Å². The average molecular weight is 575 g/mol. The molecule has 0 fully saturated rings. The molecular weight excluding hydrogens is 552 g/mol. The Kier molecular flexibility index (Phi) is 6.99. The van der Waals surface area contributed by atoms with Crippen molar-refractivity contribution in [1.82, 2.24) is 4.98 Å². The van der Waals surface area contributed by atoms with E-state index in [1.807, 2.05) is 24.3 Å². The zero-order valence-corrected chi connectivity index (χ0v) is 22.3. The van der Waals surface area contributed by atoms with Crippen LogP contribution in [0, 0.1) is 0 Å². The van der Waals surface area contributed by atoms with E-state index in [4.69, 9.17) is 14.5 Å². The van der Waals surface area contributed by atoms with Gasteiger partial charge in [-0.25, -0.2) is 0 Å². The van der Waals surface area contributed by atoms with Gasteiger partial charge < -0.3 is 0 Å². The number of fused-ring (bicyclic) bond motifs is 1. The molecule has 0 aliphatic carbocycles. The molecule has 0 radical (unpaired) electrons. The number of rotatable bonds is 7. The molecule has 0 bridgehead atoms. The van der Waals surface area contributed by atoms with Crippen LogP contribution >= 0.6 is 0 Å². The summed E-state index contributed by atoms with van der Waals surface area (Å²) in [6, 6.07) is 36.0. The van der Waals surface area contributed by atoms with Crippen molar-refractivity contribution < 1.29 is 9.47 Å². The summed E-state index contributed by atoms with van der Waals surface area (Å²) in [5.41, 5.74) is 3.54. The zero-order valence-electron chi connectivity index (χ0n) is 18.9. The monoisotopic (exact) mass is 577 g/mol. The van der Waals surface area contributed by atoms with Crippen LogP contribution in [0.25, 0.3) is 22.0 Å². The van der Waals surface area contributed by atoms with Gasteiger partial charge in [0, 0.05) is 0 Å². The van der Waals surface area contributed by atoms with Crippen LogP contribution in [0.15, 0.2) is 103 Å². The van der Waals surface area contributed by atoms with Gasteiger partial charge in [-0.05, 0) is 0 Å². The summed E-state index contributed by atoms with van der Waals surface area (Å²) >= 11 is 0.150. The molecule has 1 aromatic heterocycles. The maximum atomic E-state index is 5.38. The first kappa shape index (κ1) is 22.7. The molecule has 0 aliphatic heterocycles. The molecule has 5 rings (SSSR count). The van der Waals surface area contributed by atoms with Gasteiger partial charge in [0.15, 0.2) is 0 Å². The first-order chi connectivity index (χ1) is 16.7. The number of pyridine rings is 1. The summed E-state index contributed by atoms with van der Waals surface area (Å²) in [6.45, 7) is 0. The van der Waals surface area contributed by atoms with E-state index in [-0.39, 0.29) is 29.9 Å². The van der Waals surface area contributed by atoms with E-state index >= 15 is 0 Å². The fraction of sp³-hybridized carbons (Fsp3) is 0.0690. The van der Waals surface area contributed by atoms with Gasteiger partial charge >= 0.3 is 213 Å². The van der Waals surface area contributed by atoms with Gasteiger partial charge in [-0.1, -0.05) is 0 Å². The van der Waals surface area contributed by atoms with Crippen molar-refractivity contribution in [2.24, 2.45) is 0 Å². The Hall–Kier alpha value is -3.07. The van der Waals surface area contributed by atoms with E-state index < -0.39 is 0 Å². The predicted molar refractivity (Wildman–Crippen MR) is 143 cm³/mol. The quantitative estimate of drug-likeness (QED) is 0.280. The number of hydrogen-bond donors (Lipinski definition) is 0. The maximum absolute atomic E-state index is 5.38. The second kappa shape index (κ2) is 10.5. The van der Waals surface area contributed by atoms with E-state index in [1.165, 1.54) is 29.9 Å². The molecule has 3 nitrogen and oxygen atoms in total. The molecule has 34 heavy (non-hydrogen) atoms. The Bertz CT molecular complexity index is 1400. The predicted octanol–water partition coefficient (Wildman–Crippen LogP) is 3.23. The molecule has 0 N–H and O–H groups in total. The van der Waals surface area contributed by atoms with Crippen LogP contribution in [0.3, 0.4) is 0 Å². The van der Waals surface area contributed by atoms with Gasteiger partial charge in [-0.15, -0.1) is 0 Å². The summed E-state index contributed by atoms with van der Waals surface area (Å²) in [7, 11) is 3.41. The van der Waals surface area contributed by atoms with E-state index in [9.17, 15) is 0 Å². The molecule has 5 heteroatoms. The zero-order chi connectivity index (χ0) is 23.3. The van der Waals surface area contributed by atoms with E-state index in [1.54, 1.807) is 14.2 Å². The van der Waals surface area contributed by atoms with Crippen LogP contribution in [0.1, 0.15) is 0 Å². The third kappa shape index (κ3) is 4.89. The van der Waals surface area contributed by atoms with Crippen molar-refractivity contribution in [3.63, 3.8) is 0 Å². The number of hydrogen-bond acceptors (Lipinski definition) is 3. The summed E-state index contributed by atoms with van der Waals surface area (Å²) in [4.78, 5) is 5.21. The Morgan fingerprint density at radius 2 is 1.15 bits per heavy atom. The Morgan fingerprint density at radius 3 is 1.76 bits per heavy atom. The fourth-order valence-electron chi connectivity index (χ4n) is 3.72. The first-order valence-corrected chi connectivity index (χ1v) is 14.3. The van der Waals surface area contributed by atoms with Crippen LogP contribution in [0.2, 0.25) is 0 Å². The second-order valence-electron chi connectivity index (χ2n) is 7.56. The van der Waals surface area contributed by atoms with Crippen molar-refractivity contribution in [3.05, 3.63) is 103 Å². The molecule has 0 unspecified atom stereocenters. The molecule has 0 atom stereocenters. The van der Waals surface area contributed by atoms with Crippen LogP contribution < -0.4 is 27.5 Å². The molecule has 1 heterocycles. The van der Waals surface area contributed by atoms with Crippen molar-refractivity contribution in [1.29, 1.82) is 0 Å². The molecule has 0 saturated heterocycles. The van der Waals surface area contributed by atoms with Gasteiger partial charge in [0.25, 0.3) is 0 Å². The van der Waals surface area contributed by atoms with Crippen LogP contribution in [0.5, 0.6) is 11.5 Å². The average Bonchev–Trinajstić information content (AvgIpc) is 2.90. The first-order valence-electron chi connectivity index (χ1n) is 10.9. The Labute approximate surface area is 212 Å². The normalized spacial score (nSPS) is 10.9. The molecule has 168 valence electrons. The third-order valence-electron chi connectivity index (χ3n) is 5.43. The van der Waals surface area contributed by atoms with Crippen molar-refractivity contribution >= 4 is 58.8 Å². The van der Waals surface area contributed by atoms with Crippen molar-refractivity contribution in [3.8, 4) is 22.6 Å². The van der Waals surface area contributed by atoms with Crippen LogP contribution in [-0.2, 0) is 0 Å². The van der Waals surface area contributed by atoms with Crippen molar-refractivity contribution in [2.75, 3.05) is 14.2 Å². The van der Waals surface area contributed by atoms with Gasteiger partial charge in [0.1, 0.15) is 0 Å². The van der Waals surface area contributed by atoms with E-state index in [0.29, 0.717) is 0 Å². The molecular formula is C29H23NO2Se2. The molecule has 0 amide bonds. The molecule has 0 spiro atoms. The van der Waals surface area contributed by atoms with Gasteiger partial charge in [0.05, 0.1) is 0 Å². The molecule has 5 aromatic rings. The van der Waals surface area contributed by atoms with Gasteiger partial charge in [-0.3, -0.25) is 0 Å². The molecule has 0 aliphatic rings. The Balaban J connectivity index is 1.69. The summed E-state index contributed by atoms with van der Waals surface area (Å²) < 4.78 is 15.9. The van der Waals surface area contributed by atoms with E-state index in [0.717, 1.165) is 21.6 Å². The van der Waals surface area contributed by atoms with Crippen molar-refractivity contribution in [2.45, 2.75) is 0 Å². The SMILES string of the molecule is COc1ccc([Se]c2nc3ccccc3c([Se]c3ccc(OC)cc3)c2-c2ccccc2)cc1. The molecule has 0 saturated carbocycles. The fourth-order valence-corrected chi connectivity index (χ4v) is 8.38. The second-order valence-corrected chi connectivity index (χ2v) is 12.1. The standard InChI is InChI=1S/C29H23NO2Se2/c1-31-21-12-16-23(17-13-21)33-28-25-10-6-7-11-26(25)30-29(27(28)20-8-4-3-5-9-20)34-24-18-14-22(32-2)15-19-24/h3-19H,1-2H3. The summed E-state index contributed by atoms with van der Waals surface area (Å²) in [5, 5.41) is 1.23. The minimum absolute atomic E-state index is 0.0478. The summed E-state index contributed by atoms with van der Waals surface area (Å²) in [5.74, 6) is 1.75. The number of benzene rings is 4. The molecule has 4 aromatic carbocycles. The topological polar surface area (TPSA) is 31.4 Å². The van der Waals surface area contributed by atoms with Crippen LogP contribution in [-0.4, -0.2) is 49.1 Å². The minimum atomic E-state index is 0.0478. The number of methoxy groups -OCH3 is 2. The number of nitrogens with zero attached hydrogens (tertiary/aromatic N) is 1. The number of ether oxygens (including phenoxy) is 2.